The molecule has 0 spiro atoms. The smallest absolute Gasteiger partial charge is 0.227 e. The van der Waals surface area contributed by atoms with Crippen molar-refractivity contribution in [1.82, 2.24) is 10.1 Å². The average Bonchev–Trinajstić information content (AvgIpc) is 3.45. The fraction of sp³-hybridized carbons (Fsp3) is 0.423. The summed E-state index contributed by atoms with van der Waals surface area (Å²) in [7, 11) is 0. The highest BCUT2D eigenvalue weighted by Crippen LogP contribution is 2.38. The van der Waals surface area contributed by atoms with E-state index < -0.39 is 0 Å². The molecule has 1 amide bonds. The number of benzene rings is 2. The lowest BCUT2D eigenvalue weighted by Gasteiger charge is -2.31. The van der Waals surface area contributed by atoms with E-state index in [1.807, 2.05) is 17.0 Å². The third-order valence-corrected chi connectivity index (χ3v) is 7.47. The van der Waals surface area contributed by atoms with Crippen molar-refractivity contribution in [1.29, 1.82) is 0 Å². The van der Waals surface area contributed by atoms with E-state index in [1.165, 1.54) is 12.1 Å². The molecular formula is C26H26FN3O3. The van der Waals surface area contributed by atoms with Gasteiger partial charge in [0.1, 0.15) is 5.82 Å². The van der Waals surface area contributed by atoms with E-state index in [-0.39, 0.29) is 17.5 Å². The van der Waals surface area contributed by atoms with Crippen LogP contribution in [0.25, 0.3) is 11.0 Å². The van der Waals surface area contributed by atoms with E-state index in [4.69, 9.17) is 4.52 Å². The van der Waals surface area contributed by atoms with Crippen molar-refractivity contribution in [3.8, 4) is 0 Å². The van der Waals surface area contributed by atoms with Crippen molar-refractivity contribution in [3.05, 3.63) is 58.5 Å². The molecule has 6 rings (SSSR count). The third-order valence-electron chi connectivity index (χ3n) is 7.47. The number of hydrogen-bond acceptors (Lipinski definition) is 5. The Hall–Kier alpha value is -3.06. The maximum atomic E-state index is 13.4. The van der Waals surface area contributed by atoms with Crippen molar-refractivity contribution in [3.63, 3.8) is 0 Å². The molecule has 0 N–H and O–H groups in total. The summed E-state index contributed by atoms with van der Waals surface area (Å²) in [4.78, 5) is 29.3. The molecule has 4 heterocycles. The second kappa shape index (κ2) is 8.06. The fourth-order valence-corrected chi connectivity index (χ4v) is 5.68. The van der Waals surface area contributed by atoms with Gasteiger partial charge in [-0.05, 0) is 74.2 Å². The third kappa shape index (κ3) is 3.64. The van der Waals surface area contributed by atoms with E-state index in [1.54, 1.807) is 6.07 Å². The minimum Gasteiger partial charge on any atom is -0.356 e. The Labute approximate surface area is 191 Å². The number of likely N-dealkylation sites (tertiary alicyclic amines) is 1. The van der Waals surface area contributed by atoms with Crippen molar-refractivity contribution in [2.75, 3.05) is 31.1 Å². The summed E-state index contributed by atoms with van der Waals surface area (Å²) >= 11 is 0. The molecule has 0 saturated carbocycles. The number of fused-ring (bicyclic) bond motifs is 1. The number of piperidine rings is 1. The fourth-order valence-electron chi connectivity index (χ4n) is 5.68. The monoisotopic (exact) mass is 447 g/mol. The Kier molecular flexibility index (Phi) is 5.02. The molecule has 3 aliphatic heterocycles. The molecule has 7 heteroatoms. The van der Waals surface area contributed by atoms with Crippen molar-refractivity contribution in [2.45, 2.75) is 44.4 Å². The number of halogens is 1. The number of carbonyl (C=O) groups excluding carboxylic acids is 2. The summed E-state index contributed by atoms with van der Waals surface area (Å²) in [5.74, 6) is 0.354. The zero-order valence-electron chi connectivity index (χ0n) is 18.5. The number of aromatic nitrogens is 1. The molecule has 170 valence electrons. The van der Waals surface area contributed by atoms with Crippen LogP contribution >= 0.6 is 0 Å². The largest absolute Gasteiger partial charge is 0.356 e. The molecule has 2 aromatic carbocycles. The van der Waals surface area contributed by atoms with Crippen LogP contribution < -0.4 is 4.90 Å². The molecule has 3 aliphatic rings. The SMILES string of the molecule is O=C(CCN1CCC(c2noc3cc(F)ccc23)CC1)c1cc2c3c(c1)CCN3C(=O)CC2. The average molecular weight is 448 g/mol. The predicted molar refractivity (Wildman–Crippen MR) is 122 cm³/mol. The van der Waals surface area contributed by atoms with Crippen LogP contribution in [-0.4, -0.2) is 47.9 Å². The summed E-state index contributed by atoms with van der Waals surface area (Å²) < 4.78 is 18.8. The Morgan fingerprint density at radius 2 is 1.85 bits per heavy atom. The molecule has 1 fully saturated rings. The summed E-state index contributed by atoms with van der Waals surface area (Å²) in [6, 6.07) is 8.60. The van der Waals surface area contributed by atoms with Crippen LogP contribution in [0.2, 0.25) is 0 Å². The van der Waals surface area contributed by atoms with Crippen LogP contribution in [0.3, 0.4) is 0 Å². The molecular weight excluding hydrogens is 421 g/mol. The van der Waals surface area contributed by atoms with E-state index in [0.717, 1.165) is 85.3 Å². The molecule has 33 heavy (non-hydrogen) atoms. The van der Waals surface area contributed by atoms with Gasteiger partial charge in [0.15, 0.2) is 11.4 Å². The lowest BCUT2D eigenvalue weighted by molar-refractivity contribution is -0.118. The maximum Gasteiger partial charge on any atom is 0.227 e. The molecule has 0 radical (unpaired) electrons. The Balaban J connectivity index is 1.07. The molecule has 0 aliphatic carbocycles. The summed E-state index contributed by atoms with van der Waals surface area (Å²) in [6.45, 7) is 3.29. The quantitative estimate of drug-likeness (QED) is 0.547. The van der Waals surface area contributed by atoms with Crippen LogP contribution in [0, 0.1) is 5.82 Å². The number of hydrogen-bond donors (Lipinski definition) is 0. The Morgan fingerprint density at radius 3 is 2.67 bits per heavy atom. The van der Waals surface area contributed by atoms with Crippen LogP contribution in [0.15, 0.2) is 34.9 Å². The predicted octanol–water partition coefficient (Wildman–Crippen LogP) is 4.25. The Bertz CT molecular complexity index is 1260. The molecule has 0 bridgehead atoms. The minimum absolute atomic E-state index is 0.177. The zero-order valence-corrected chi connectivity index (χ0v) is 18.5. The zero-order chi connectivity index (χ0) is 22.5. The van der Waals surface area contributed by atoms with Gasteiger partial charge in [-0.1, -0.05) is 5.16 Å². The first-order valence-corrected chi connectivity index (χ1v) is 11.8. The number of nitrogens with zero attached hydrogens (tertiary/aromatic N) is 3. The molecule has 1 saturated heterocycles. The molecule has 6 nitrogen and oxygen atoms in total. The van der Waals surface area contributed by atoms with E-state index in [2.05, 4.69) is 10.1 Å². The first-order valence-electron chi connectivity index (χ1n) is 11.8. The number of aryl methyl sites for hydroxylation is 1. The number of carbonyl (C=O) groups is 2. The van der Waals surface area contributed by atoms with Crippen LogP contribution in [0.1, 0.15) is 58.8 Å². The van der Waals surface area contributed by atoms with Crippen LogP contribution in [-0.2, 0) is 17.6 Å². The molecule has 0 unspecified atom stereocenters. The van der Waals surface area contributed by atoms with Gasteiger partial charge in [0, 0.05) is 48.9 Å². The van der Waals surface area contributed by atoms with Gasteiger partial charge in [-0.15, -0.1) is 0 Å². The standard InChI is InChI=1S/C26H26FN3O3/c27-20-2-3-21-23(15-20)33-28-25(21)16-5-9-29(10-6-16)11-8-22(31)19-13-17-1-4-24(32)30-12-7-18(14-19)26(17)30/h2-3,13-16H,1,4-12H2. The van der Waals surface area contributed by atoms with Gasteiger partial charge < -0.3 is 14.3 Å². The van der Waals surface area contributed by atoms with E-state index >= 15 is 0 Å². The topological polar surface area (TPSA) is 66.7 Å². The van der Waals surface area contributed by atoms with Gasteiger partial charge in [0.2, 0.25) is 5.91 Å². The first-order chi connectivity index (χ1) is 16.1. The highest BCUT2D eigenvalue weighted by Gasteiger charge is 2.32. The summed E-state index contributed by atoms with van der Waals surface area (Å²) in [6.07, 6.45) is 4.49. The molecule has 0 atom stereocenters. The molecule has 1 aromatic heterocycles. The van der Waals surface area contributed by atoms with Crippen LogP contribution in [0.4, 0.5) is 10.1 Å². The summed E-state index contributed by atoms with van der Waals surface area (Å²) in [5, 5.41) is 5.11. The first kappa shape index (κ1) is 20.5. The minimum atomic E-state index is -0.317. The highest BCUT2D eigenvalue weighted by molar-refractivity contribution is 6.02. The van der Waals surface area contributed by atoms with Gasteiger partial charge >= 0.3 is 0 Å². The van der Waals surface area contributed by atoms with Crippen molar-refractivity contribution >= 4 is 28.3 Å². The Morgan fingerprint density at radius 1 is 1.06 bits per heavy atom. The lowest BCUT2D eigenvalue weighted by Crippen LogP contribution is -2.34. The summed E-state index contributed by atoms with van der Waals surface area (Å²) in [5.41, 5.74) is 5.56. The lowest BCUT2D eigenvalue weighted by atomic mass is 9.91. The number of rotatable bonds is 5. The van der Waals surface area contributed by atoms with Gasteiger partial charge in [-0.2, -0.15) is 0 Å². The van der Waals surface area contributed by atoms with Gasteiger partial charge in [0.05, 0.1) is 11.4 Å². The second-order valence-electron chi connectivity index (χ2n) is 9.44. The van der Waals surface area contributed by atoms with Crippen molar-refractivity contribution < 1.29 is 18.5 Å². The number of ketones is 1. The van der Waals surface area contributed by atoms with E-state index in [9.17, 15) is 14.0 Å². The second-order valence-corrected chi connectivity index (χ2v) is 9.44. The van der Waals surface area contributed by atoms with Gasteiger partial charge in [-0.3, -0.25) is 9.59 Å². The highest BCUT2D eigenvalue weighted by atomic mass is 19.1. The number of Topliss-reactive ketones (excluding diaryl/α,β-unsaturated/α-hetero) is 1. The van der Waals surface area contributed by atoms with E-state index in [0.29, 0.717) is 24.3 Å². The van der Waals surface area contributed by atoms with Crippen molar-refractivity contribution in [2.24, 2.45) is 0 Å². The normalized spacial score (nSPS) is 18.8. The van der Waals surface area contributed by atoms with Crippen LogP contribution in [0.5, 0.6) is 0 Å². The maximum absolute atomic E-state index is 13.4. The molecule has 3 aromatic rings. The van der Waals surface area contributed by atoms with Gasteiger partial charge in [0.25, 0.3) is 0 Å². The number of amides is 1. The van der Waals surface area contributed by atoms with Gasteiger partial charge in [-0.25, -0.2) is 4.39 Å². The number of anilines is 1.